The third-order valence-corrected chi connectivity index (χ3v) is 9.79. The van der Waals surface area contributed by atoms with Crippen molar-refractivity contribution in [3.8, 4) is 5.75 Å². The fourth-order valence-electron chi connectivity index (χ4n) is 3.97. The highest BCUT2D eigenvalue weighted by atomic mass is 35.5. The van der Waals surface area contributed by atoms with Gasteiger partial charge < -0.3 is 10.1 Å². The number of carbonyl (C=O) groups excluding carboxylic acids is 1. The van der Waals surface area contributed by atoms with Crippen molar-refractivity contribution in [2.24, 2.45) is 0 Å². The highest BCUT2D eigenvalue weighted by molar-refractivity contribution is 7.92. The fraction of sp³-hybridized carbons (Fsp3) is 0.240. The summed E-state index contributed by atoms with van der Waals surface area (Å²) in [5.74, 6) is -0.414. The summed E-state index contributed by atoms with van der Waals surface area (Å²) < 4.78 is 60.8. The van der Waals surface area contributed by atoms with Gasteiger partial charge in [0.1, 0.15) is 5.75 Å². The Bertz CT molecular complexity index is 1560. The lowest BCUT2D eigenvalue weighted by atomic mass is 10.2. The first-order valence-electron chi connectivity index (χ1n) is 11.6. The summed E-state index contributed by atoms with van der Waals surface area (Å²) in [6.45, 7) is 0.870. The van der Waals surface area contributed by atoms with Crippen LogP contribution in [0.3, 0.4) is 0 Å². The molecule has 0 radical (unpaired) electrons. The number of anilines is 2. The van der Waals surface area contributed by atoms with Gasteiger partial charge in [-0.3, -0.25) is 9.52 Å². The van der Waals surface area contributed by atoms with Gasteiger partial charge in [-0.15, -0.1) is 0 Å². The van der Waals surface area contributed by atoms with E-state index in [1.54, 1.807) is 0 Å². The number of methoxy groups -OCH3 is 1. The van der Waals surface area contributed by atoms with Gasteiger partial charge in [-0.05, 0) is 73.5 Å². The van der Waals surface area contributed by atoms with Gasteiger partial charge in [0, 0.05) is 23.8 Å². The first-order chi connectivity index (χ1) is 18.0. The Morgan fingerprint density at radius 2 is 1.53 bits per heavy atom. The molecule has 1 amide bonds. The van der Waals surface area contributed by atoms with E-state index in [1.807, 2.05) is 0 Å². The number of halogens is 2. The molecule has 0 bridgehead atoms. The van der Waals surface area contributed by atoms with Crippen LogP contribution in [-0.2, 0) is 20.0 Å². The van der Waals surface area contributed by atoms with Gasteiger partial charge in [-0.2, -0.15) is 4.31 Å². The molecule has 1 aliphatic rings. The minimum absolute atomic E-state index is 0.00118. The standard InChI is InChI=1S/C25H25Cl2N3O6S2/c1-36-24-12-10-20(38(34,35)30-13-3-2-4-14-30)16-21(24)25(31)28-18-6-8-19(9-7-18)37(32,33)29-23-11-5-17(26)15-22(23)27/h5-12,15-16,29H,2-4,13-14H2,1H3,(H,28,31). The Balaban J connectivity index is 1.53. The van der Waals surface area contributed by atoms with E-state index in [0.717, 1.165) is 19.3 Å². The number of nitrogens with one attached hydrogen (secondary N) is 2. The van der Waals surface area contributed by atoms with Crippen LogP contribution in [0, 0.1) is 0 Å². The van der Waals surface area contributed by atoms with Crippen LogP contribution >= 0.6 is 23.2 Å². The van der Waals surface area contributed by atoms with Crippen LogP contribution in [-0.4, -0.2) is 47.2 Å². The lowest BCUT2D eigenvalue weighted by molar-refractivity contribution is 0.102. The number of carbonyl (C=O) groups is 1. The zero-order valence-corrected chi connectivity index (χ0v) is 23.4. The molecule has 0 unspecified atom stereocenters. The number of ether oxygens (including phenoxy) is 1. The second-order valence-electron chi connectivity index (χ2n) is 8.54. The summed E-state index contributed by atoms with van der Waals surface area (Å²) in [5.41, 5.74) is 0.492. The molecule has 0 aliphatic carbocycles. The molecule has 38 heavy (non-hydrogen) atoms. The van der Waals surface area contributed by atoms with Crippen molar-refractivity contribution in [1.29, 1.82) is 0 Å². The van der Waals surface area contributed by atoms with Crippen molar-refractivity contribution in [1.82, 2.24) is 4.31 Å². The molecule has 3 aromatic rings. The second kappa shape index (κ2) is 11.5. The third-order valence-electron chi connectivity index (χ3n) is 5.97. The average molecular weight is 599 g/mol. The third kappa shape index (κ3) is 6.24. The zero-order valence-electron chi connectivity index (χ0n) is 20.3. The summed E-state index contributed by atoms with van der Waals surface area (Å²) in [4.78, 5) is 13.0. The second-order valence-corrected chi connectivity index (χ2v) is 13.0. The summed E-state index contributed by atoms with van der Waals surface area (Å²) >= 11 is 11.9. The van der Waals surface area contributed by atoms with E-state index in [2.05, 4.69) is 10.0 Å². The Labute approximate surface area is 231 Å². The summed E-state index contributed by atoms with van der Waals surface area (Å²) in [6.07, 6.45) is 2.56. The van der Waals surface area contributed by atoms with E-state index in [0.29, 0.717) is 23.8 Å². The molecule has 202 valence electrons. The molecule has 0 aromatic heterocycles. The Kier molecular flexibility index (Phi) is 8.53. The summed E-state index contributed by atoms with van der Waals surface area (Å²) in [5, 5.41) is 3.16. The van der Waals surface area contributed by atoms with Crippen LogP contribution < -0.4 is 14.8 Å². The number of benzene rings is 3. The van der Waals surface area contributed by atoms with Crippen LogP contribution in [0.1, 0.15) is 29.6 Å². The van der Waals surface area contributed by atoms with Crippen molar-refractivity contribution in [3.05, 3.63) is 76.3 Å². The van der Waals surface area contributed by atoms with Gasteiger partial charge in [0.15, 0.2) is 0 Å². The maximum atomic E-state index is 13.1. The number of amides is 1. The molecule has 0 spiro atoms. The number of hydrogen-bond acceptors (Lipinski definition) is 6. The molecule has 0 atom stereocenters. The normalized spacial score (nSPS) is 14.6. The predicted molar refractivity (Wildman–Crippen MR) is 147 cm³/mol. The Hall–Kier alpha value is -2.83. The SMILES string of the molecule is COc1ccc(S(=O)(=O)N2CCCCC2)cc1C(=O)Nc1ccc(S(=O)(=O)Nc2ccc(Cl)cc2Cl)cc1. The highest BCUT2D eigenvalue weighted by Crippen LogP contribution is 2.29. The van der Waals surface area contributed by atoms with Crippen molar-refractivity contribution in [3.63, 3.8) is 0 Å². The monoisotopic (exact) mass is 597 g/mol. The van der Waals surface area contributed by atoms with Crippen molar-refractivity contribution < 1.29 is 26.4 Å². The molecule has 1 fully saturated rings. The number of sulfonamides is 2. The minimum atomic E-state index is -3.97. The largest absolute Gasteiger partial charge is 0.496 e. The number of rotatable bonds is 8. The Morgan fingerprint density at radius 3 is 2.16 bits per heavy atom. The van der Waals surface area contributed by atoms with E-state index < -0.39 is 26.0 Å². The highest BCUT2D eigenvalue weighted by Gasteiger charge is 2.28. The first kappa shape index (κ1) is 28.2. The van der Waals surface area contributed by atoms with Gasteiger partial charge in [-0.25, -0.2) is 16.8 Å². The van der Waals surface area contributed by atoms with Crippen LogP contribution in [0.5, 0.6) is 5.75 Å². The molecule has 1 aliphatic heterocycles. The molecule has 9 nitrogen and oxygen atoms in total. The fourth-order valence-corrected chi connectivity index (χ4v) is 7.11. The lowest BCUT2D eigenvalue weighted by Crippen LogP contribution is -2.35. The molecule has 13 heteroatoms. The molecule has 2 N–H and O–H groups in total. The van der Waals surface area contributed by atoms with E-state index in [4.69, 9.17) is 27.9 Å². The average Bonchev–Trinajstić information content (AvgIpc) is 2.90. The maximum Gasteiger partial charge on any atom is 0.261 e. The smallest absolute Gasteiger partial charge is 0.261 e. The van der Waals surface area contributed by atoms with E-state index in [9.17, 15) is 21.6 Å². The molecule has 4 rings (SSSR count). The quantitative estimate of drug-likeness (QED) is 0.366. The molecule has 0 saturated carbocycles. The van der Waals surface area contributed by atoms with E-state index in [1.165, 1.54) is 72.1 Å². The molecule has 1 heterocycles. The van der Waals surface area contributed by atoms with Gasteiger partial charge in [0.2, 0.25) is 10.0 Å². The number of piperidine rings is 1. The minimum Gasteiger partial charge on any atom is -0.496 e. The van der Waals surface area contributed by atoms with Crippen LogP contribution in [0.2, 0.25) is 10.0 Å². The van der Waals surface area contributed by atoms with Crippen molar-refractivity contribution in [2.75, 3.05) is 30.2 Å². The van der Waals surface area contributed by atoms with Gasteiger partial charge in [0.25, 0.3) is 15.9 Å². The zero-order chi connectivity index (χ0) is 27.5. The predicted octanol–water partition coefficient (Wildman–Crippen LogP) is 5.23. The first-order valence-corrected chi connectivity index (χ1v) is 15.3. The van der Waals surface area contributed by atoms with Crippen molar-refractivity contribution >= 4 is 60.5 Å². The van der Waals surface area contributed by atoms with Crippen LogP contribution in [0.4, 0.5) is 11.4 Å². The molecule has 1 saturated heterocycles. The van der Waals surface area contributed by atoms with Crippen LogP contribution in [0.15, 0.2) is 70.5 Å². The summed E-state index contributed by atoms with van der Waals surface area (Å²) in [7, 11) is -6.35. The number of nitrogens with zero attached hydrogens (tertiary/aromatic N) is 1. The van der Waals surface area contributed by atoms with E-state index >= 15 is 0 Å². The number of hydrogen-bond donors (Lipinski definition) is 2. The van der Waals surface area contributed by atoms with Crippen molar-refractivity contribution in [2.45, 2.75) is 29.1 Å². The van der Waals surface area contributed by atoms with Gasteiger partial charge in [-0.1, -0.05) is 29.6 Å². The van der Waals surface area contributed by atoms with Crippen LogP contribution in [0.25, 0.3) is 0 Å². The topological polar surface area (TPSA) is 122 Å². The molecular formula is C25H25Cl2N3O6S2. The van der Waals surface area contributed by atoms with Gasteiger partial charge in [0.05, 0.1) is 33.2 Å². The summed E-state index contributed by atoms with van der Waals surface area (Å²) in [6, 6.07) is 14.0. The maximum absolute atomic E-state index is 13.1. The van der Waals surface area contributed by atoms with E-state index in [-0.39, 0.29) is 31.8 Å². The molecular weight excluding hydrogens is 573 g/mol. The molecule has 3 aromatic carbocycles. The van der Waals surface area contributed by atoms with Gasteiger partial charge >= 0.3 is 0 Å². The Morgan fingerprint density at radius 1 is 0.868 bits per heavy atom. The lowest BCUT2D eigenvalue weighted by Gasteiger charge is -2.26.